The molecule has 0 aliphatic heterocycles. The Morgan fingerprint density at radius 3 is 2.83 bits per heavy atom. The van der Waals surface area contributed by atoms with E-state index in [1.807, 2.05) is 0 Å². The van der Waals surface area contributed by atoms with Gasteiger partial charge in [0.05, 0.1) is 11.3 Å². The summed E-state index contributed by atoms with van der Waals surface area (Å²) in [6.45, 7) is 0. The van der Waals surface area contributed by atoms with Crippen molar-refractivity contribution in [1.29, 1.82) is 0 Å². The van der Waals surface area contributed by atoms with Crippen LogP contribution in [0, 0.1) is 11.8 Å². The maximum atomic E-state index is 10.9. The fourth-order valence-corrected chi connectivity index (χ4v) is 0.725. The van der Waals surface area contributed by atoms with E-state index < -0.39 is 5.56 Å². The summed E-state index contributed by atoms with van der Waals surface area (Å²) in [7, 11) is 0. The Hall–Kier alpha value is -1.41. The van der Waals surface area contributed by atoms with E-state index in [9.17, 15) is 9.59 Å². The number of nitrogens with one attached hydrogen (secondary N) is 2. The molecular weight excluding hydrogens is 176 g/mol. The molecule has 0 aliphatic rings. The highest BCUT2D eigenvalue weighted by Crippen LogP contribution is 1.78. The molecular formula is C7H6N2O2S. The fourth-order valence-electron chi connectivity index (χ4n) is 0.646. The molecule has 12 heavy (non-hydrogen) atoms. The maximum Gasteiger partial charge on any atom is 0.278 e. The van der Waals surface area contributed by atoms with Crippen molar-refractivity contribution in [3.8, 4) is 11.8 Å². The van der Waals surface area contributed by atoms with Crippen molar-refractivity contribution in [1.82, 2.24) is 10.2 Å². The van der Waals surface area contributed by atoms with Gasteiger partial charge in [-0.05, 0) is 0 Å². The molecule has 0 spiro atoms. The number of hydrogen-bond donors (Lipinski definition) is 3. The summed E-state index contributed by atoms with van der Waals surface area (Å²) in [5.74, 6) is 5.44. The maximum absolute atomic E-state index is 10.9. The predicted octanol–water partition coefficient (Wildman–Crippen LogP) is -0.656. The third-order valence-corrected chi connectivity index (χ3v) is 1.28. The number of aromatic amines is 2. The topological polar surface area (TPSA) is 65.7 Å². The van der Waals surface area contributed by atoms with Gasteiger partial charge in [-0.2, -0.15) is 12.6 Å². The van der Waals surface area contributed by atoms with Crippen molar-refractivity contribution >= 4 is 12.6 Å². The molecule has 1 heterocycles. The lowest BCUT2D eigenvalue weighted by atomic mass is 10.3. The van der Waals surface area contributed by atoms with Crippen LogP contribution >= 0.6 is 12.6 Å². The molecule has 0 aliphatic carbocycles. The zero-order valence-corrected chi connectivity index (χ0v) is 6.94. The van der Waals surface area contributed by atoms with Crippen molar-refractivity contribution in [2.75, 3.05) is 5.75 Å². The minimum atomic E-state index is -0.399. The zero-order valence-electron chi connectivity index (χ0n) is 6.05. The predicted molar refractivity (Wildman–Crippen MR) is 48.4 cm³/mol. The Bertz CT molecular complexity index is 435. The molecule has 62 valence electrons. The van der Waals surface area contributed by atoms with Crippen LogP contribution in [0.4, 0.5) is 0 Å². The zero-order chi connectivity index (χ0) is 8.97. The van der Waals surface area contributed by atoms with Crippen molar-refractivity contribution in [3.05, 3.63) is 32.3 Å². The van der Waals surface area contributed by atoms with E-state index in [0.29, 0.717) is 5.75 Å². The second-order valence-electron chi connectivity index (χ2n) is 1.96. The summed E-state index contributed by atoms with van der Waals surface area (Å²) in [6.07, 6.45) is 0. The molecule has 0 saturated heterocycles. The lowest BCUT2D eigenvalue weighted by Crippen LogP contribution is -2.20. The molecule has 0 bridgehead atoms. The highest BCUT2D eigenvalue weighted by Gasteiger charge is 1.93. The molecule has 0 unspecified atom stereocenters. The highest BCUT2D eigenvalue weighted by molar-refractivity contribution is 7.80. The molecule has 1 aromatic rings. The van der Waals surface area contributed by atoms with Crippen LogP contribution in [0.1, 0.15) is 5.56 Å². The first kappa shape index (κ1) is 8.68. The van der Waals surface area contributed by atoms with Crippen LogP contribution in [0.25, 0.3) is 0 Å². The van der Waals surface area contributed by atoms with E-state index in [4.69, 9.17) is 0 Å². The molecule has 2 N–H and O–H groups in total. The Morgan fingerprint density at radius 1 is 1.42 bits per heavy atom. The second-order valence-corrected chi connectivity index (χ2v) is 2.28. The van der Waals surface area contributed by atoms with Gasteiger partial charge in [-0.1, -0.05) is 11.8 Å². The van der Waals surface area contributed by atoms with Crippen LogP contribution in [0.2, 0.25) is 0 Å². The van der Waals surface area contributed by atoms with E-state index in [1.54, 1.807) is 0 Å². The van der Waals surface area contributed by atoms with E-state index in [0.717, 1.165) is 6.07 Å². The van der Waals surface area contributed by atoms with Crippen molar-refractivity contribution in [2.45, 2.75) is 0 Å². The average Bonchev–Trinajstić information content (AvgIpc) is 2.07. The Balaban J connectivity index is 3.24. The molecule has 1 aromatic heterocycles. The van der Waals surface area contributed by atoms with Gasteiger partial charge in [0.2, 0.25) is 0 Å². The first-order valence-electron chi connectivity index (χ1n) is 3.16. The first-order chi connectivity index (χ1) is 5.74. The molecule has 0 saturated carbocycles. The van der Waals surface area contributed by atoms with Gasteiger partial charge < -0.3 is 0 Å². The smallest absolute Gasteiger partial charge is 0.268 e. The molecule has 0 aromatic carbocycles. The van der Waals surface area contributed by atoms with Gasteiger partial charge in [0.1, 0.15) is 0 Å². The van der Waals surface area contributed by atoms with Gasteiger partial charge in [-0.3, -0.25) is 19.8 Å². The standard InChI is InChI=1S/C7H6N2O2S/c10-6-4-5(2-1-3-12)7(11)9-8-6/h4,12H,3H2,(H,8,10)(H,9,11). The number of H-pyrrole nitrogens is 2. The quantitative estimate of drug-likeness (QED) is 0.368. The number of aromatic nitrogens is 2. The number of hydrogen-bond acceptors (Lipinski definition) is 3. The minimum absolute atomic E-state index is 0.160. The normalized spacial score (nSPS) is 8.75. The summed E-state index contributed by atoms with van der Waals surface area (Å²) < 4.78 is 0. The summed E-state index contributed by atoms with van der Waals surface area (Å²) in [6, 6.07) is 1.15. The second kappa shape index (κ2) is 3.83. The van der Waals surface area contributed by atoms with E-state index >= 15 is 0 Å². The van der Waals surface area contributed by atoms with Crippen molar-refractivity contribution in [2.24, 2.45) is 0 Å². The molecule has 1 rings (SSSR count). The highest BCUT2D eigenvalue weighted by atomic mass is 32.1. The summed E-state index contributed by atoms with van der Waals surface area (Å²) >= 11 is 3.84. The Morgan fingerprint density at radius 2 is 2.17 bits per heavy atom. The summed E-state index contributed by atoms with van der Waals surface area (Å²) in [5.41, 5.74) is -0.616. The van der Waals surface area contributed by atoms with Crippen LogP contribution in [-0.2, 0) is 0 Å². The molecule has 0 atom stereocenters. The molecule has 4 nitrogen and oxygen atoms in total. The fraction of sp³-hybridized carbons (Fsp3) is 0.143. The van der Waals surface area contributed by atoms with Crippen LogP contribution in [0.5, 0.6) is 0 Å². The average molecular weight is 182 g/mol. The van der Waals surface area contributed by atoms with E-state index in [1.165, 1.54) is 0 Å². The summed E-state index contributed by atoms with van der Waals surface area (Å²) in [5, 5.41) is 4.29. The SMILES string of the molecule is O=c1cc(C#CCS)c(=O)[nH][nH]1. The molecule has 5 heteroatoms. The molecule has 0 fully saturated rings. The van der Waals surface area contributed by atoms with Crippen molar-refractivity contribution < 1.29 is 0 Å². The molecule has 0 amide bonds. The monoisotopic (exact) mass is 182 g/mol. The van der Waals surface area contributed by atoms with Gasteiger partial charge in [-0.25, -0.2) is 0 Å². The van der Waals surface area contributed by atoms with Gasteiger partial charge in [-0.15, -0.1) is 0 Å². The van der Waals surface area contributed by atoms with Gasteiger partial charge in [0.15, 0.2) is 0 Å². The van der Waals surface area contributed by atoms with Gasteiger partial charge >= 0.3 is 0 Å². The number of thiol groups is 1. The minimum Gasteiger partial charge on any atom is -0.268 e. The molecule has 0 radical (unpaired) electrons. The third-order valence-electron chi connectivity index (χ3n) is 1.12. The lowest BCUT2D eigenvalue weighted by molar-refractivity contribution is 0.946. The third kappa shape index (κ3) is 2.04. The van der Waals surface area contributed by atoms with Crippen LogP contribution in [0.15, 0.2) is 15.7 Å². The van der Waals surface area contributed by atoms with E-state index in [-0.39, 0.29) is 11.1 Å². The van der Waals surface area contributed by atoms with Crippen LogP contribution in [0.3, 0.4) is 0 Å². The first-order valence-corrected chi connectivity index (χ1v) is 3.79. The Labute approximate surface area is 73.4 Å². The lowest BCUT2D eigenvalue weighted by Gasteiger charge is -1.85. The van der Waals surface area contributed by atoms with Crippen molar-refractivity contribution in [3.63, 3.8) is 0 Å². The Kier molecular flexibility index (Phi) is 2.77. The largest absolute Gasteiger partial charge is 0.278 e. The summed E-state index contributed by atoms with van der Waals surface area (Å²) in [4.78, 5) is 21.6. The number of rotatable bonds is 0. The van der Waals surface area contributed by atoms with Gasteiger partial charge in [0.25, 0.3) is 11.1 Å². The van der Waals surface area contributed by atoms with Crippen LogP contribution < -0.4 is 11.1 Å². The van der Waals surface area contributed by atoms with Gasteiger partial charge in [0, 0.05) is 6.07 Å². The van der Waals surface area contributed by atoms with Crippen LogP contribution in [-0.4, -0.2) is 16.0 Å². The van der Waals surface area contributed by atoms with E-state index in [2.05, 4.69) is 34.7 Å².